The summed E-state index contributed by atoms with van der Waals surface area (Å²) in [5.41, 5.74) is 6.06. The fraction of sp³-hybridized carbons (Fsp3) is 0.417. The lowest BCUT2D eigenvalue weighted by Gasteiger charge is -2.33. The fourth-order valence-electron chi connectivity index (χ4n) is 1.84. The molecule has 1 aromatic carbocycles. The van der Waals surface area contributed by atoms with Crippen LogP contribution in [0.25, 0.3) is 0 Å². The largest absolute Gasteiger partial charge is 0.446 e. The first kappa shape index (κ1) is 13.5. The number of carbonyl (C=O) groups is 1. The molecular formula is C12H14Cl2N2O2. The predicted molar refractivity (Wildman–Crippen MR) is 72.1 cm³/mol. The zero-order chi connectivity index (χ0) is 13.1. The molecule has 6 heteroatoms. The first-order chi connectivity index (χ1) is 8.58. The molecule has 0 bridgehead atoms. The molecule has 4 nitrogen and oxygen atoms in total. The van der Waals surface area contributed by atoms with Crippen molar-refractivity contribution in [1.82, 2.24) is 0 Å². The fourth-order valence-corrected chi connectivity index (χ4v) is 2.13. The van der Waals surface area contributed by atoms with Gasteiger partial charge < -0.3 is 10.5 Å². The van der Waals surface area contributed by atoms with E-state index in [1.807, 2.05) is 0 Å². The third-order valence-electron chi connectivity index (χ3n) is 2.97. The van der Waals surface area contributed by atoms with Crippen molar-refractivity contribution in [2.75, 3.05) is 11.9 Å². The molecule has 1 amide bonds. The van der Waals surface area contributed by atoms with E-state index < -0.39 is 6.09 Å². The smallest absolute Gasteiger partial charge is 0.411 e. The quantitative estimate of drug-likeness (QED) is 0.897. The second-order valence-electron chi connectivity index (χ2n) is 4.35. The molecule has 0 saturated heterocycles. The molecule has 0 aromatic heterocycles. The van der Waals surface area contributed by atoms with Crippen molar-refractivity contribution in [2.24, 2.45) is 11.7 Å². The summed E-state index contributed by atoms with van der Waals surface area (Å²) in [5.74, 6) is 0.479. The molecule has 1 aliphatic carbocycles. The Kier molecular flexibility index (Phi) is 4.32. The Morgan fingerprint density at radius 1 is 1.39 bits per heavy atom. The molecule has 3 N–H and O–H groups in total. The lowest BCUT2D eigenvalue weighted by molar-refractivity contribution is 0.0278. The molecule has 2 rings (SSSR count). The van der Waals surface area contributed by atoms with Gasteiger partial charge in [0.15, 0.2) is 0 Å². The van der Waals surface area contributed by atoms with E-state index in [0.717, 1.165) is 12.8 Å². The summed E-state index contributed by atoms with van der Waals surface area (Å²) in [4.78, 5) is 11.6. The van der Waals surface area contributed by atoms with Gasteiger partial charge in [0.05, 0.1) is 10.0 Å². The van der Waals surface area contributed by atoms with E-state index in [2.05, 4.69) is 5.32 Å². The number of halogens is 2. The van der Waals surface area contributed by atoms with Crippen LogP contribution < -0.4 is 11.1 Å². The molecule has 0 spiro atoms. The number of ether oxygens (including phenoxy) is 1. The van der Waals surface area contributed by atoms with E-state index in [4.69, 9.17) is 33.7 Å². The Bertz CT molecular complexity index is 448. The van der Waals surface area contributed by atoms with E-state index >= 15 is 0 Å². The van der Waals surface area contributed by atoms with Gasteiger partial charge in [-0.25, -0.2) is 4.79 Å². The third kappa shape index (κ3) is 3.28. The van der Waals surface area contributed by atoms with Crippen molar-refractivity contribution in [3.8, 4) is 0 Å². The lowest BCUT2D eigenvalue weighted by Crippen LogP contribution is -2.38. The van der Waals surface area contributed by atoms with E-state index in [0.29, 0.717) is 28.2 Å². The average molecular weight is 289 g/mol. The van der Waals surface area contributed by atoms with Gasteiger partial charge in [-0.2, -0.15) is 0 Å². The number of nitrogens with two attached hydrogens (primary N) is 1. The summed E-state index contributed by atoms with van der Waals surface area (Å²) in [5, 5.41) is 3.44. The summed E-state index contributed by atoms with van der Waals surface area (Å²) in [7, 11) is 0. The number of rotatable bonds is 3. The molecular weight excluding hydrogens is 275 g/mol. The summed E-state index contributed by atoms with van der Waals surface area (Å²) in [6, 6.07) is 4.86. The minimum atomic E-state index is -0.478. The van der Waals surface area contributed by atoms with Crippen molar-refractivity contribution in [2.45, 2.75) is 18.9 Å². The van der Waals surface area contributed by atoms with Crippen LogP contribution in [-0.4, -0.2) is 18.7 Å². The van der Waals surface area contributed by atoms with Gasteiger partial charge in [-0.1, -0.05) is 23.2 Å². The second kappa shape index (κ2) is 5.78. The average Bonchev–Trinajstić information content (AvgIpc) is 2.28. The van der Waals surface area contributed by atoms with Crippen molar-refractivity contribution in [1.29, 1.82) is 0 Å². The third-order valence-corrected chi connectivity index (χ3v) is 3.70. The Morgan fingerprint density at radius 2 is 2.11 bits per heavy atom. The van der Waals surface area contributed by atoms with Gasteiger partial charge in [-0.15, -0.1) is 0 Å². The maximum atomic E-state index is 11.6. The standard InChI is InChI=1S/C12H14Cl2N2O2/c13-10-2-1-8(5-11(10)14)16-12(17)18-9-3-7(4-9)6-15/h1-2,5,7,9H,3-4,6,15H2,(H,16,17). The molecule has 1 fully saturated rings. The monoisotopic (exact) mass is 288 g/mol. The summed E-state index contributed by atoms with van der Waals surface area (Å²) >= 11 is 11.6. The van der Waals surface area contributed by atoms with Gasteiger partial charge in [0.2, 0.25) is 0 Å². The molecule has 1 aliphatic rings. The SMILES string of the molecule is NCC1CC(OC(=O)Nc2ccc(Cl)c(Cl)c2)C1. The Hall–Kier alpha value is -0.970. The van der Waals surface area contributed by atoms with Gasteiger partial charge >= 0.3 is 6.09 Å². The summed E-state index contributed by atoms with van der Waals surface area (Å²) in [6.07, 6.45) is 1.17. The van der Waals surface area contributed by atoms with E-state index in [1.54, 1.807) is 18.2 Å². The van der Waals surface area contributed by atoms with Crippen LogP contribution >= 0.6 is 23.2 Å². The summed E-state index contributed by atoms with van der Waals surface area (Å²) in [6.45, 7) is 0.647. The molecule has 0 heterocycles. The van der Waals surface area contributed by atoms with Crippen molar-refractivity contribution < 1.29 is 9.53 Å². The van der Waals surface area contributed by atoms with E-state index in [9.17, 15) is 4.79 Å². The maximum absolute atomic E-state index is 11.6. The van der Waals surface area contributed by atoms with Gasteiger partial charge in [0.25, 0.3) is 0 Å². The molecule has 1 saturated carbocycles. The highest BCUT2D eigenvalue weighted by Crippen LogP contribution is 2.29. The Balaban J connectivity index is 1.82. The van der Waals surface area contributed by atoms with Gasteiger partial charge in [-0.05, 0) is 43.5 Å². The highest BCUT2D eigenvalue weighted by molar-refractivity contribution is 6.42. The first-order valence-corrected chi connectivity index (χ1v) is 6.47. The molecule has 0 aliphatic heterocycles. The molecule has 98 valence electrons. The van der Waals surface area contributed by atoms with Crippen LogP contribution in [0.4, 0.5) is 10.5 Å². The number of benzene rings is 1. The normalized spacial score (nSPS) is 22.2. The van der Waals surface area contributed by atoms with Crippen LogP contribution in [0.15, 0.2) is 18.2 Å². The van der Waals surface area contributed by atoms with E-state index in [-0.39, 0.29) is 6.10 Å². The topological polar surface area (TPSA) is 64.3 Å². The second-order valence-corrected chi connectivity index (χ2v) is 5.17. The Morgan fingerprint density at radius 3 is 2.72 bits per heavy atom. The van der Waals surface area contributed by atoms with Crippen LogP contribution in [0.5, 0.6) is 0 Å². The zero-order valence-electron chi connectivity index (χ0n) is 9.66. The van der Waals surface area contributed by atoms with Crippen molar-refractivity contribution in [3.63, 3.8) is 0 Å². The van der Waals surface area contributed by atoms with Gasteiger partial charge in [0.1, 0.15) is 6.10 Å². The predicted octanol–water partition coefficient (Wildman–Crippen LogP) is 3.28. The molecule has 0 atom stereocenters. The van der Waals surface area contributed by atoms with Crippen molar-refractivity contribution >= 4 is 35.0 Å². The zero-order valence-corrected chi connectivity index (χ0v) is 11.2. The van der Waals surface area contributed by atoms with Crippen LogP contribution in [0.2, 0.25) is 10.0 Å². The number of carbonyl (C=O) groups excluding carboxylic acids is 1. The first-order valence-electron chi connectivity index (χ1n) is 5.71. The minimum Gasteiger partial charge on any atom is -0.446 e. The van der Waals surface area contributed by atoms with Crippen LogP contribution in [-0.2, 0) is 4.74 Å². The number of nitrogens with one attached hydrogen (secondary N) is 1. The molecule has 0 radical (unpaired) electrons. The van der Waals surface area contributed by atoms with E-state index in [1.165, 1.54) is 0 Å². The Labute approximate surface area is 115 Å². The number of hydrogen-bond acceptors (Lipinski definition) is 3. The van der Waals surface area contributed by atoms with Crippen LogP contribution in [0.1, 0.15) is 12.8 Å². The molecule has 0 unspecified atom stereocenters. The van der Waals surface area contributed by atoms with Crippen LogP contribution in [0.3, 0.4) is 0 Å². The van der Waals surface area contributed by atoms with Crippen molar-refractivity contribution in [3.05, 3.63) is 28.2 Å². The van der Waals surface area contributed by atoms with Gasteiger partial charge in [-0.3, -0.25) is 5.32 Å². The van der Waals surface area contributed by atoms with Crippen LogP contribution in [0, 0.1) is 5.92 Å². The highest BCUT2D eigenvalue weighted by atomic mass is 35.5. The molecule has 18 heavy (non-hydrogen) atoms. The molecule has 1 aromatic rings. The lowest BCUT2D eigenvalue weighted by atomic mass is 9.82. The number of amides is 1. The van der Waals surface area contributed by atoms with Gasteiger partial charge in [0, 0.05) is 5.69 Å². The number of anilines is 1. The maximum Gasteiger partial charge on any atom is 0.411 e. The minimum absolute atomic E-state index is 0.0266. The number of hydrogen-bond donors (Lipinski definition) is 2. The summed E-state index contributed by atoms with van der Waals surface area (Å²) < 4.78 is 5.21. The highest BCUT2D eigenvalue weighted by Gasteiger charge is 2.30.